The highest BCUT2D eigenvalue weighted by Crippen LogP contribution is 2.43. The Labute approximate surface area is 118 Å². The molecule has 2 nitrogen and oxygen atoms in total. The number of hydrogen-bond acceptors (Lipinski definition) is 2. The van der Waals surface area contributed by atoms with E-state index in [1.54, 1.807) is 0 Å². The van der Waals surface area contributed by atoms with Crippen molar-refractivity contribution in [3.63, 3.8) is 0 Å². The molecule has 1 saturated carbocycles. The number of ether oxygens (including phenoxy) is 1. The van der Waals surface area contributed by atoms with Crippen LogP contribution in [0.2, 0.25) is 0 Å². The van der Waals surface area contributed by atoms with Gasteiger partial charge in [-0.3, -0.25) is 0 Å². The van der Waals surface area contributed by atoms with Gasteiger partial charge in [-0.2, -0.15) is 0 Å². The minimum atomic E-state index is 0.204. The quantitative estimate of drug-likeness (QED) is 0.910. The van der Waals surface area contributed by atoms with E-state index < -0.39 is 0 Å². The fraction of sp³-hybridized carbons (Fsp3) is 0.600. The summed E-state index contributed by atoms with van der Waals surface area (Å²) in [5.74, 6) is 1.01. The van der Waals surface area contributed by atoms with E-state index in [1.807, 2.05) is 6.07 Å². The van der Waals surface area contributed by atoms with Crippen molar-refractivity contribution >= 4 is 15.9 Å². The van der Waals surface area contributed by atoms with Gasteiger partial charge in [0.25, 0.3) is 0 Å². The molecule has 0 radical (unpaired) electrons. The first-order valence-corrected chi connectivity index (χ1v) is 7.40. The fourth-order valence-electron chi connectivity index (χ4n) is 2.58. The Morgan fingerprint density at radius 1 is 1.44 bits per heavy atom. The van der Waals surface area contributed by atoms with Crippen molar-refractivity contribution in [2.45, 2.75) is 46.3 Å². The zero-order valence-corrected chi connectivity index (χ0v) is 13.2. The second-order valence-corrected chi connectivity index (χ2v) is 6.60. The van der Waals surface area contributed by atoms with Crippen molar-refractivity contribution in [1.82, 2.24) is 5.32 Å². The number of rotatable bonds is 4. The lowest BCUT2D eigenvalue weighted by Crippen LogP contribution is -2.62. The summed E-state index contributed by atoms with van der Waals surface area (Å²) in [6.45, 7) is 9.83. The average Bonchev–Trinajstić information content (AvgIpc) is 2.30. The van der Waals surface area contributed by atoms with E-state index in [4.69, 9.17) is 4.74 Å². The maximum Gasteiger partial charge on any atom is 0.122 e. The molecule has 1 N–H and O–H groups in total. The van der Waals surface area contributed by atoms with Gasteiger partial charge in [0.15, 0.2) is 0 Å². The third-order valence-electron chi connectivity index (χ3n) is 4.03. The topological polar surface area (TPSA) is 21.3 Å². The van der Waals surface area contributed by atoms with Gasteiger partial charge < -0.3 is 10.1 Å². The van der Waals surface area contributed by atoms with Crippen LogP contribution in [0, 0.1) is 12.3 Å². The summed E-state index contributed by atoms with van der Waals surface area (Å²) in [6, 6.07) is 6.76. The van der Waals surface area contributed by atoms with E-state index >= 15 is 0 Å². The Kier molecular flexibility index (Phi) is 4.02. The van der Waals surface area contributed by atoms with E-state index in [1.165, 1.54) is 5.56 Å². The molecule has 1 aromatic carbocycles. The SMILES string of the molecule is CCNC1CC(Oc2ccc(Br)cc2C)C1(C)C. The molecule has 2 atom stereocenters. The monoisotopic (exact) mass is 311 g/mol. The van der Waals surface area contributed by atoms with E-state index in [0.717, 1.165) is 23.2 Å². The lowest BCUT2D eigenvalue weighted by Gasteiger charge is -2.51. The standard InChI is InChI=1S/C15H22BrNO/c1-5-17-13-9-14(15(13,3)4)18-12-7-6-11(16)8-10(12)2/h6-8,13-14,17H,5,9H2,1-4H3. The van der Waals surface area contributed by atoms with Gasteiger partial charge in [-0.05, 0) is 37.2 Å². The van der Waals surface area contributed by atoms with Crippen molar-refractivity contribution < 1.29 is 4.74 Å². The van der Waals surface area contributed by atoms with Crippen LogP contribution in [-0.2, 0) is 0 Å². The molecule has 0 aliphatic heterocycles. The normalized spacial score (nSPS) is 25.6. The molecule has 0 saturated heterocycles. The number of hydrogen-bond donors (Lipinski definition) is 1. The maximum atomic E-state index is 6.17. The zero-order chi connectivity index (χ0) is 13.3. The Balaban J connectivity index is 2.03. The van der Waals surface area contributed by atoms with E-state index in [2.05, 4.69) is 61.1 Å². The highest BCUT2D eigenvalue weighted by molar-refractivity contribution is 9.10. The first-order chi connectivity index (χ1) is 8.45. The molecule has 2 rings (SSSR count). The lowest BCUT2D eigenvalue weighted by molar-refractivity contribution is -0.0544. The second-order valence-electron chi connectivity index (χ2n) is 5.68. The van der Waals surface area contributed by atoms with Crippen LogP contribution in [0.4, 0.5) is 0 Å². The summed E-state index contributed by atoms with van der Waals surface area (Å²) in [5.41, 5.74) is 1.39. The average molecular weight is 312 g/mol. The molecule has 100 valence electrons. The lowest BCUT2D eigenvalue weighted by atomic mass is 9.64. The van der Waals surface area contributed by atoms with E-state index in [9.17, 15) is 0 Å². The molecule has 3 heteroatoms. The summed E-state index contributed by atoms with van der Waals surface area (Å²) >= 11 is 3.48. The summed E-state index contributed by atoms with van der Waals surface area (Å²) in [6.07, 6.45) is 1.40. The molecule has 2 unspecified atom stereocenters. The molecule has 1 aromatic rings. The summed E-state index contributed by atoms with van der Waals surface area (Å²) in [5, 5.41) is 3.52. The molecule has 18 heavy (non-hydrogen) atoms. The number of nitrogens with one attached hydrogen (secondary N) is 1. The van der Waals surface area contributed by atoms with Crippen LogP contribution in [0.15, 0.2) is 22.7 Å². The van der Waals surface area contributed by atoms with Gasteiger partial charge >= 0.3 is 0 Å². The van der Waals surface area contributed by atoms with Gasteiger partial charge in [0, 0.05) is 22.4 Å². The van der Waals surface area contributed by atoms with Crippen LogP contribution in [-0.4, -0.2) is 18.7 Å². The van der Waals surface area contributed by atoms with E-state index in [-0.39, 0.29) is 5.41 Å². The third-order valence-corrected chi connectivity index (χ3v) is 4.53. The minimum absolute atomic E-state index is 0.204. The summed E-state index contributed by atoms with van der Waals surface area (Å²) in [7, 11) is 0. The predicted molar refractivity (Wildman–Crippen MR) is 79.2 cm³/mol. The van der Waals surface area contributed by atoms with Crippen LogP contribution in [0.3, 0.4) is 0 Å². The number of benzene rings is 1. The van der Waals surface area contributed by atoms with Crippen molar-refractivity contribution in [2.24, 2.45) is 5.41 Å². The molecular formula is C15H22BrNO. The fourth-order valence-corrected chi connectivity index (χ4v) is 3.05. The van der Waals surface area contributed by atoms with Gasteiger partial charge in [0.1, 0.15) is 11.9 Å². The predicted octanol–water partition coefficient (Wildman–Crippen LogP) is 3.91. The van der Waals surface area contributed by atoms with Gasteiger partial charge in [0.2, 0.25) is 0 Å². The molecular weight excluding hydrogens is 290 g/mol. The van der Waals surface area contributed by atoms with Crippen molar-refractivity contribution in [3.05, 3.63) is 28.2 Å². The highest BCUT2D eigenvalue weighted by atomic mass is 79.9. The van der Waals surface area contributed by atoms with Gasteiger partial charge in [-0.1, -0.05) is 36.7 Å². The molecule has 0 heterocycles. The van der Waals surface area contributed by atoms with Crippen molar-refractivity contribution in [1.29, 1.82) is 0 Å². The number of aryl methyl sites for hydroxylation is 1. The smallest absolute Gasteiger partial charge is 0.122 e. The molecule has 1 fully saturated rings. The summed E-state index contributed by atoms with van der Waals surface area (Å²) in [4.78, 5) is 0. The largest absolute Gasteiger partial charge is 0.489 e. The van der Waals surface area contributed by atoms with Crippen LogP contribution in [0.1, 0.15) is 32.8 Å². The summed E-state index contributed by atoms with van der Waals surface area (Å²) < 4.78 is 7.27. The Hall–Kier alpha value is -0.540. The molecule has 0 aromatic heterocycles. The molecule has 0 bridgehead atoms. The maximum absolute atomic E-state index is 6.17. The number of halogens is 1. The van der Waals surface area contributed by atoms with Crippen LogP contribution in [0.25, 0.3) is 0 Å². The third kappa shape index (κ3) is 2.57. The zero-order valence-electron chi connectivity index (χ0n) is 11.6. The van der Waals surface area contributed by atoms with Crippen LogP contribution < -0.4 is 10.1 Å². The van der Waals surface area contributed by atoms with Crippen molar-refractivity contribution in [3.8, 4) is 5.75 Å². The molecule has 1 aliphatic rings. The molecule has 1 aliphatic carbocycles. The molecule has 0 amide bonds. The Bertz CT molecular complexity index is 431. The van der Waals surface area contributed by atoms with Gasteiger partial charge in [-0.15, -0.1) is 0 Å². The first kappa shape index (κ1) is 13.9. The van der Waals surface area contributed by atoms with Crippen LogP contribution >= 0.6 is 15.9 Å². The molecule has 0 spiro atoms. The Morgan fingerprint density at radius 3 is 2.72 bits per heavy atom. The van der Waals surface area contributed by atoms with E-state index in [0.29, 0.717) is 12.1 Å². The van der Waals surface area contributed by atoms with Gasteiger partial charge in [0.05, 0.1) is 0 Å². The highest BCUT2D eigenvalue weighted by Gasteiger charge is 2.49. The van der Waals surface area contributed by atoms with Gasteiger partial charge in [-0.25, -0.2) is 0 Å². The minimum Gasteiger partial charge on any atom is -0.489 e. The first-order valence-electron chi connectivity index (χ1n) is 6.61. The second kappa shape index (κ2) is 5.22. The van der Waals surface area contributed by atoms with Crippen LogP contribution in [0.5, 0.6) is 5.75 Å². The Morgan fingerprint density at radius 2 is 2.17 bits per heavy atom. The van der Waals surface area contributed by atoms with Crippen molar-refractivity contribution in [2.75, 3.05) is 6.54 Å².